The molecule has 1 aromatic rings. The predicted octanol–water partition coefficient (Wildman–Crippen LogP) is 0.856. The lowest BCUT2D eigenvalue weighted by Gasteiger charge is -2.30. The number of rotatable bonds is 3. The maximum atomic E-state index is 5.57. The first-order valence-corrected chi connectivity index (χ1v) is 6.70. The van der Waals surface area contributed by atoms with Crippen LogP contribution in [0.1, 0.15) is 25.3 Å². The summed E-state index contributed by atoms with van der Waals surface area (Å²) in [5, 5.41) is 0. The maximum Gasteiger partial charge on any atom is 0.225 e. The van der Waals surface area contributed by atoms with Crippen LogP contribution in [0.3, 0.4) is 0 Å². The van der Waals surface area contributed by atoms with Gasteiger partial charge in [0.25, 0.3) is 0 Å². The number of nitrogens with zero attached hydrogens (tertiary/aromatic N) is 4. The molecule has 0 radical (unpaired) electrons. The third kappa shape index (κ3) is 2.97. The predicted molar refractivity (Wildman–Crippen MR) is 73.5 cm³/mol. The van der Waals surface area contributed by atoms with E-state index in [0.717, 1.165) is 44.0 Å². The molecule has 2 heterocycles. The highest BCUT2D eigenvalue weighted by atomic mass is 15.3. The van der Waals surface area contributed by atoms with Crippen LogP contribution in [-0.2, 0) is 6.54 Å². The van der Waals surface area contributed by atoms with E-state index in [0.29, 0.717) is 12.6 Å². The topological polar surface area (TPSA) is 58.3 Å². The molecule has 1 aromatic heterocycles. The van der Waals surface area contributed by atoms with Crippen LogP contribution in [0.4, 0.5) is 5.95 Å². The van der Waals surface area contributed by atoms with Crippen molar-refractivity contribution in [3.05, 3.63) is 18.0 Å². The van der Waals surface area contributed by atoms with Crippen LogP contribution in [0, 0.1) is 0 Å². The maximum absolute atomic E-state index is 5.57. The molecule has 0 aliphatic carbocycles. The van der Waals surface area contributed by atoms with E-state index in [9.17, 15) is 0 Å². The summed E-state index contributed by atoms with van der Waals surface area (Å²) >= 11 is 0. The molecule has 0 saturated carbocycles. The van der Waals surface area contributed by atoms with E-state index >= 15 is 0 Å². The number of nitrogens with two attached hydrogens (primary N) is 1. The smallest absolute Gasteiger partial charge is 0.225 e. The fourth-order valence-corrected chi connectivity index (χ4v) is 2.46. The first kappa shape index (κ1) is 13.2. The molecule has 5 nitrogen and oxygen atoms in total. The Morgan fingerprint density at radius 3 is 2.67 bits per heavy atom. The lowest BCUT2D eigenvalue weighted by atomic mass is 10.2. The Labute approximate surface area is 109 Å². The van der Waals surface area contributed by atoms with Crippen molar-refractivity contribution >= 4 is 5.95 Å². The van der Waals surface area contributed by atoms with Crippen molar-refractivity contribution in [2.24, 2.45) is 5.73 Å². The van der Waals surface area contributed by atoms with Gasteiger partial charge in [0.1, 0.15) is 0 Å². The van der Waals surface area contributed by atoms with E-state index in [1.165, 1.54) is 0 Å². The van der Waals surface area contributed by atoms with Gasteiger partial charge in [-0.05, 0) is 26.4 Å². The molecule has 0 aromatic carbocycles. The van der Waals surface area contributed by atoms with Crippen molar-refractivity contribution in [1.29, 1.82) is 0 Å². The second kappa shape index (κ2) is 6.11. The third-order valence-electron chi connectivity index (χ3n) is 3.56. The summed E-state index contributed by atoms with van der Waals surface area (Å²) in [6, 6.07) is 0.501. The van der Waals surface area contributed by atoms with Crippen molar-refractivity contribution in [2.45, 2.75) is 32.4 Å². The lowest BCUT2D eigenvalue weighted by molar-refractivity contribution is 0.327. The van der Waals surface area contributed by atoms with Gasteiger partial charge in [-0.1, -0.05) is 6.92 Å². The van der Waals surface area contributed by atoms with E-state index in [4.69, 9.17) is 5.73 Å². The number of hydrogen-bond acceptors (Lipinski definition) is 5. The summed E-state index contributed by atoms with van der Waals surface area (Å²) in [5.41, 5.74) is 6.56. The summed E-state index contributed by atoms with van der Waals surface area (Å²) in [6.07, 6.45) is 5.95. The third-order valence-corrected chi connectivity index (χ3v) is 3.56. The van der Waals surface area contributed by atoms with Gasteiger partial charge in [-0.25, -0.2) is 9.97 Å². The average Bonchev–Trinajstić information content (AvgIpc) is 2.60. The molecule has 1 unspecified atom stereocenters. The number of anilines is 1. The molecule has 2 N–H and O–H groups in total. The molecule has 1 aliphatic heterocycles. The molecule has 1 aliphatic rings. The highest BCUT2D eigenvalue weighted by molar-refractivity contribution is 5.32. The minimum Gasteiger partial charge on any atom is -0.337 e. The number of likely N-dealkylation sites (N-methyl/N-ethyl adjacent to an activating group) is 1. The van der Waals surface area contributed by atoms with E-state index < -0.39 is 0 Å². The Kier molecular flexibility index (Phi) is 4.49. The number of hydrogen-bond donors (Lipinski definition) is 1. The quantitative estimate of drug-likeness (QED) is 0.861. The highest BCUT2D eigenvalue weighted by Gasteiger charge is 2.23. The SMILES string of the molecule is CCC1CN(C)CCCN1c1ncc(CN)cn1. The van der Waals surface area contributed by atoms with Gasteiger partial charge in [0, 0.05) is 43.6 Å². The second-order valence-corrected chi connectivity index (χ2v) is 4.97. The zero-order valence-corrected chi connectivity index (χ0v) is 11.3. The Bertz CT molecular complexity index is 364. The highest BCUT2D eigenvalue weighted by Crippen LogP contribution is 2.17. The minimum absolute atomic E-state index is 0.500. The van der Waals surface area contributed by atoms with Gasteiger partial charge in [0.2, 0.25) is 5.95 Å². The van der Waals surface area contributed by atoms with Crippen LogP contribution in [0.2, 0.25) is 0 Å². The minimum atomic E-state index is 0.500. The number of aromatic nitrogens is 2. The van der Waals surface area contributed by atoms with Gasteiger partial charge in [-0.2, -0.15) is 0 Å². The van der Waals surface area contributed by atoms with Gasteiger partial charge in [-0.3, -0.25) is 0 Å². The Morgan fingerprint density at radius 2 is 2.06 bits per heavy atom. The molecule has 100 valence electrons. The van der Waals surface area contributed by atoms with Crippen LogP contribution in [0.15, 0.2) is 12.4 Å². The molecule has 5 heteroatoms. The lowest BCUT2D eigenvalue weighted by Crippen LogP contribution is -2.40. The Morgan fingerprint density at radius 1 is 1.33 bits per heavy atom. The largest absolute Gasteiger partial charge is 0.337 e. The Balaban J connectivity index is 2.17. The molecule has 1 saturated heterocycles. The second-order valence-electron chi connectivity index (χ2n) is 4.97. The zero-order chi connectivity index (χ0) is 13.0. The van der Waals surface area contributed by atoms with E-state index in [1.54, 1.807) is 0 Å². The van der Waals surface area contributed by atoms with Crippen LogP contribution in [0.5, 0.6) is 0 Å². The normalized spacial score (nSPS) is 21.9. The van der Waals surface area contributed by atoms with Crippen LogP contribution >= 0.6 is 0 Å². The van der Waals surface area contributed by atoms with E-state index in [-0.39, 0.29) is 0 Å². The summed E-state index contributed by atoms with van der Waals surface area (Å²) in [5.74, 6) is 0.842. The van der Waals surface area contributed by atoms with Crippen LogP contribution in [0.25, 0.3) is 0 Å². The van der Waals surface area contributed by atoms with Crippen LogP contribution < -0.4 is 10.6 Å². The Hall–Kier alpha value is -1.20. The average molecular weight is 249 g/mol. The molecule has 0 bridgehead atoms. The van der Waals surface area contributed by atoms with Crippen molar-refractivity contribution < 1.29 is 0 Å². The monoisotopic (exact) mass is 249 g/mol. The van der Waals surface area contributed by atoms with E-state index in [1.807, 2.05) is 12.4 Å². The van der Waals surface area contributed by atoms with Crippen molar-refractivity contribution in [1.82, 2.24) is 14.9 Å². The molecular weight excluding hydrogens is 226 g/mol. The van der Waals surface area contributed by atoms with Gasteiger partial charge in [0.15, 0.2) is 0 Å². The van der Waals surface area contributed by atoms with Crippen molar-refractivity contribution in [3.63, 3.8) is 0 Å². The van der Waals surface area contributed by atoms with Gasteiger partial charge < -0.3 is 15.5 Å². The molecule has 0 spiro atoms. The fraction of sp³-hybridized carbons (Fsp3) is 0.692. The summed E-state index contributed by atoms with van der Waals surface area (Å²) in [7, 11) is 2.19. The molecule has 18 heavy (non-hydrogen) atoms. The van der Waals surface area contributed by atoms with Gasteiger partial charge in [0.05, 0.1) is 0 Å². The molecular formula is C13H23N5. The van der Waals surface area contributed by atoms with Crippen molar-refractivity contribution in [2.75, 3.05) is 31.6 Å². The van der Waals surface area contributed by atoms with Gasteiger partial charge in [-0.15, -0.1) is 0 Å². The fourth-order valence-electron chi connectivity index (χ4n) is 2.46. The van der Waals surface area contributed by atoms with E-state index in [2.05, 4.69) is 33.7 Å². The van der Waals surface area contributed by atoms with Crippen molar-refractivity contribution in [3.8, 4) is 0 Å². The first-order chi connectivity index (χ1) is 8.74. The molecule has 2 rings (SSSR count). The zero-order valence-electron chi connectivity index (χ0n) is 11.3. The summed E-state index contributed by atoms with van der Waals surface area (Å²) in [6.45, 7) is 5.99. The summed E-state index contributed by atoms with van der Waals surface area (Å²) < 4.78 is 0. The molecule has 1 fully saturated rings. The first-order valence-electron chi connectivity index (χ1n) is 6.70. The standard InChI is InChI=1S/C13H23N5/c1-3-12-10-17(2)5-4-6-18(12)13-15-8-11(7-14)9-16-13/h8-9,12H,3-7,10,14H2,1-2H3. The molecule has 0 amide bonds. The summed E-state index contributed by atoms with van der Waals surface area (Å²) in [4.78, 5) is 13.6. The van der Waals surface area contributed by atoms with Crippen LogP contribution in [-0.4, -0.2) is 47.6 Å². The molecule has 1 atom stereocenters. The van der Waals surface area contributed by atoms with Gasteiger partial charge >= 0.3 is 0 Å².